The molecular formula is C15H25NO2. The molecule has 0 aromatic carbocycles. The first-order chi connectivity index (χ1) is 8.75. The Morgan fingerprint density at radius 2 is 2.22 bits per heavy atom. The lowest BCUT2D eigenvalue weighted by Crippen LogP contribution is -2.37. The number of nitrogens with one attached hydrogen (secondary N) is 1. The molecule has 1 aliphatic rings. The van der Waals surface area contributed by atoms with Crippen molar-refractivity contribution >= 4 is 0 Å². The van der Waals surface area contributed by atoms with Gasteiger partial charge in [-0.25, -0.2) is 0 Å². The molecule has 3 nitrogen and oxygen atoms in total. The maximum absolute atomic E-state index is 10.1. The molecule has 18 heavy (non-hydrogen) atoms. The van der Waals surface area contributed by atoms with Gasteiger partial charge in [0.1, 0.15) is 5.76 Å². The first-order valence-electron chi connectivity index (χ1n) is 7.19. The van der Waals surface area contributed by atoms with Crippen molar-refractivity contribution in [1.29, 1.82) is 0 Å². The van der Waals surface area contributed by atoms with Crippen molar-refractivity contribution in [3.8, 4) is 0 Å². The van der Waals surface area contributed by atoms with E-state index in [0.717, 1.165) is 25.1 Å². The molecule has 2 unspecified atom stereocenters. The maximum Gasteiger partial charge on any atom is 0.103 e. The number of aliphatic hydroxyl groups excluding tert-OH is 1. The predicted molar refractivity (Wildman–Crippen MR) is 72.5 cm³/mol. The standard InChI is InChI=1S/C15H25NO2/c1-12(8-9-14-7-4-10-18-14)16-11-15(17)13-5-2-3-6-13/h4,7,10,12-13,15-17H,2-3,5-6,8-9,11H2,1H3. The Labute approximate surface area is 110 Å². The highest BCUT2D eigenvalue weighted by molar-refractivity contribution is 4.98. The summed E-state index contributed by atoms with van der Waals surface area (Å²) >= 11 is 0. The molecule has 1 saturated carbocycles. The number of hydrogen-bond donors (Lipinski definition) is 2. The first kappa shape index (κ1) is 13.6. The van der Waals surface area contributed by atoms with E-state index >= 15 is 0 Å². The molecule has 3 heteroatoms. The second-order valence-electron chi connectivity index (χ2n) is 5.54. The van der Waals surface area contributed by atoms with Crippen molar-refractivity contribution in [1.82, 2.24) is 5.32 Å². The van der Waals surface area contributed by atoms with Gasteiger partial charge in [0, 0.05) is 19.0 Å². The van der Waals surface area contributed by atoms with Gasteiger partial charge in [-0.05, 0) is 44.2 Å². The smallest absolute Gasteiger partial charge is 0.103 e. The summed E-state index contributed by atoms with van der Waals surface area (Å²) in [5, 5.41) is 13.5. The first-order valence-corrected chi connectivity index (χ1v) is 7.19. The van der Waals surface area contributed by atoms with E-state index in [1.54, 1.807) is 6.26 Å². The van der Waals surface area contributed by atoms with Crippen LogP contribution in [0.5, 0.6) is 0 Å². The maximum atomic E-state index is 10.1. The van der Waals surface area contributed by atoms with Crippen molar-refractivity contribution in [3.63, 3.8) is 0 Å². The minimum atomic E-state index is -0.168. The molecule has 2 N–H and O–H groups in total. The molecular weight excluding hydrogens is 226 g/mol. The Kier molecular flexibility index (Phi) is 5.26. The number of aliphatic hydroxyl groups is 1. The van der Waals surface area contributed by atoms with Crippen LogP contribution in [-0.2, 0) is 6.42 Å². The van der Waals surface area contributed by atoms with Crippen molar-refractivity contribution in [2.45, 2.75) is 57.6 Å². The van der Waals surface area contributed by atoms with Crippen LogP contribution in [0.3, 0.4) is 0 Å². The summed E-state index contributed by atoms with van der Waals surface area (Å²) in [7, 11) is 0. The lowest BCUT2D eigenvalue weighted by Gasteiger charge is -2.21. The van der Waals surface area contributed by atoms with E-state index < -0.39 is 0 Å². The molecule has 2 atom stereocenters. The largest absolute Gasteiger partial charge is 0.469 e. The third-order valence-corrected chi connectivity index (χ3v) is 4.02. The Morgan fingerprint density at radius 1 is 1.44 bits per heavy atom. The second-order valence-corrected chi connectivity index (χ2v) is 5.54. The summed E-state index contributed by atoms with van der Waals surface area (Å²) in [4.78, 5) is 0. The lowest BCUT2D eigenvalue weighted by molar-refractivity contribution is 0.106. The zero-order valence-corrected chi connectivity index (χ0v) is 11.3. The summed E-state index contributed by atoms with van der Waals surface area (Å²) in [5.41, 5.74) is 0. The zero-order chi connectivity index (χ0) is 12.8. The van der Waals surface area contributed by atoms with Crippen molar-refractivity contribution in [2.75, 3.05) is 6.54 Å². The molecule has 0 aliphatic heterocycles. The molecule has 0 radical (unpaired) electrons. The fourth-order valence-corrected chi connectivity index (χ4v) is 2.75. The van der Waals surface area contributed by atoms with E-state index in [1.807, 2.05) is 12.1 Å². The summed E-state index contributed by atoms with van der Waals surface area (Å²) in [6, 6.07) is 4.36. The fraction of sp³-hybridized carbons (Fsp3) is 0.733. The van der Waals surface area contributed by atoms with Gasteiger partial charge >= 0.3 is 0 Å². The van der Waals surface area contributed by atoms with Gasteiger partial charge in [-0.2, -0.15) is 0 Å². The minimum absolute atomic E-state index is 0.168. The van der Waals surface area contributed by atoms with Gasteiger partial charge in [0.05, 0.1) is 12.4 Å². The predicted octanol–water partition coefficient (Wildman–Crippen LogP) is 2.74. The van der Waals surface area contributed by atoms with Gasteiger partial charge in [-0.1, -0.05) is 12.8 Å². The molecule has 0 amide bonds. The number of furan rings is 1. The van der Waals surface area contributed by atoms with Crippen LogP contribution in [0, 0.1) is 5.92 Å². The highest BCUT2D eigenvalue weighted by Crippen LogP contribution is 2.27. The van der Waals surface area contributed by atoms with Crippen LogP contribution in [0.1, 0.15) is 44.8 Å². The highest BCUT2D eigenvalue weighted by Gasteiger charge is 2.23. The van der Waals surface area contributed by atoms with E-state index in [0.29, 0.717) is 12.0 Å². The molecule has 0 saturated heterocycles. The van der Waals surface area contributed by atoms with Crippen molar-refractivity contribution in [3.05, 3.63) is 24.2 Å². The molecule has 2 rings (SSSR count). The van der Waals surface area contributed by atoms with Crippen LogP contribution < -0.4 is 5.32 Å². The van der Waals surface area contributed by atoms with Crippen LogP contribution >= 0.6 is 0 Å². The molecule has 0 spiro atoms. The quantitative estimate of drug-likeness (QED) is 0.783. The average Bonchev–Trinajstić information content (AvgIpc) is 3.05. The third-order valence-electron chi connectivity index (χ3n) is 4.02. The Morgan fingerprint density at radius 3 is 2.89 bits per heavy atom. The third kappa shape index (κ3) is 4.14. The van der Waals surface area contributed by atoms with Gasteiger partial charge < -0.3 is 14.8 Å². The van der Waals surface area contributed by atoms with Crippen LogP contribution in [-0.4, -0.2) is 23.8 Å². The lowest BCUT2D eigenvalue weighted by atomic mass is 10.0. The van der Waals surface area contributed by atoms with Gasteiger partial charge in [-0.3, -0.25) is 0 Å². The Balaban J connectivity index is 1.60. The van der Waals surface area contributed by atoms with Crippen LogP contribution in [0.2, 0.25) is 0 Å². The van der Waals surface area contributed by atoms with Crippen LogP contribution in [0.15, 0.2) is 22.8 Å². The molecule has 1 fully saturated rings. The summed E-state index contributed by atoms with van der Waals surface area (Å²) in [6.45, 7) is 2.90. The van der Waals surface area contributed by atoms with Crippen LogP contribution in [0.25, 0.3) is 0 Å². The van der Waals surface area contributed by atoms with Gasteiger partial charge in [0.2, 0.25) is 0 Å². The van der Waals surface area contributed by atoms with Crippen LogP contribution in [0.4, 0.5) is 0 Å². The molecule has 1 aliphatic carbocycles. The van der Waals surface area contributed by atoms with Crippen molar-refractivity contribution < 1.29 is 9.52 Å². The topological polar surface area (TPSA) is 45.4 Å². The highest BCUT2D eigenvalue weighted by atomic mass is 16.3. The molecule has 1 aromatic rings. The minimum Gasteiger partial charge on any atom is -0.469 e. The monoisotopic (exact) mass is 251 g/mol. The number of aryl methyl sites for hydroxylation is 1. The summed E-state index contributed by atoms with van der Waals surface area (Å²) in [5.74, 6) is 1.56. The van der Waals surface area contributed by atoms with E-state index in [4.69, 9.17) is 4.42 Å². The summed E-state index contributed by atoms with van der Waals surface area (Å²) in [6.07, 6.45) is 8.53. The Bertz CT molecular complexity index is 317. The molecule has 1 aromatic heterocycles. The average molecular weight is 251 g/mol. The number of rotatable bonds is 7. The van der Waals surface area contributed by atoms with E-state index in [-0.39, 0.29) is 6.10 Å². The van der Waals surface area contributed by atoms with Gasteiger partial charge in [0.15, 0.2) is 0 Å². The summed E-state index contributed by atoms with van der Waals surface area (Å²) < 4.78 is 5.31. The van der Waals surface area contributed by atoms with E-state index in [1.165, 1.54) is 25.7 Å². The van der Waals surface area contributed by atoms with Gasteiger partial charge in [-0.15, -0.1) is 0 Å². The second kappa shape index (κ2) is 6.95. The number of hydrogen-bond acceptors (Lipinski definition) is 3. The zero-order valence-electron chi connectivity index (χ0n) is 11.3. The van der Waals surface area contributed by atoms with E-state index in [9.17, 15) is 5.11 Å². The fourth-order valence-electron chi connectivity index (χ4n) is 2.75. The molecule has 0 bridgehead atoms. The van der Waals surface area contributed by atoms with Gasteiger partial charge in [0.25, 0.3) is 0 Å². The van der Waals surface area contributed by atoms with E-state index in [2.05, 4.69) is 12.2 Å². The normalized spacial score (nSPS) is 20.1. The SMILES string of the molecule is CC(CCc1ccco1)NCC(O)C1CCCC1. The molecule has 1 heterocycles. The van der Waals surface area contributed by atoms with Crippen molar-refractivity contribution in [2.24, 2.45) is 5.92 Å². The molecule has 102 valence electrons. The Hall–Kier alpha value is -0.800.